The Labute approximate surface area is 84.2 Å². The summed E-state index contributed by atoms with van der Waals surface area (Å²) in [6.07, 6.45) is 3.85. The molecule has 2 rings (SSSR count). The summed E-state index contributed by atoms with van der Waals surface area (Å²) < 4.78 is 2.81. The molecule has 2 aromatic rings. The molecular formula is C9H9NOS2. The Morgan fingerprint density at radius 2 is 2.38 bits per heavy atom. The molecule has 0 aliphatic carbocycles. The van der Waals surface area contributed by atoms with E-state index in [-0.39, 0.29) is 5.56 Å². The topological polar surface area (TPSA) is 22.0 Å². The van der Waals surface area contributed by atoms with Crippen LogP contribution in [0.4, 0.5) is 0 Å². The van der Waals surface area contributed by atoms with E-state index in [4.69, 9.17) is 0 Å². The molecule has 2 heterocycles. The largest absolute Gasteiger partial charge is 0.305 e. The van der Waals surface area contributed by atoms with Crippen LogP contribution in [0, 0.1) is 0 Å². The smallest absolute Gasteiger partial charge is 0.260 e. The van der Waals surface area contributed by atoms with Gasteiger partial charge in [-0.2, -0.15) is 0 Å². The first-order valence-electron chi connectivity index (χ1n) is 3.88. The summed E-state index contributed by atoms with van der Waals surface area (Å²) in [6, 6.07) is 3.89. The zero-order chi connectivity index (χ0) is 9.26. The lowest BCUT2D eigenvalue weighted by Crippen LogP contribution is -2.17. The highest BCUT2D eigenvalue weighted by molar-refractivity contribution is 7.97. The number of pyridine rings is 1. The lowest BCUT2D eigenvalue weighted by molar-refractivity contribution is 0.854. The van der Waals surface area contributed by atoms with Crippen LogP contribution in [0.15, 0.2) is 28.5 Å². The van der Waals surface area contributed by atoms with Gasteiger partial charge in [-0.1, -0.05) is 0 Å². The summed E-state index contributed by atoms with van der Waals surface area (Å²) in [7, 11) is 0. The summed E-state index contributed by atoms with van der Waals surface area (Å²) in [5, 5.41) is 2.79. The minimum Gasteiger partial charge on any atom is -0.305 e. The minimum atomic E-state index is 0.119. The number of hydrogen-bond donors (Lipinski definition) is 0. The molecule has 0 radical (unpaired) electrons. The van der Waals surface area contributed by atoms with Gasteiger partial charge in [0.1, 0.15) is 0 Å². The zero-order valence-electron chi connectivity index (χ0n) is 7.19. The van der Waals surface area contributed by atoms with E-state index in [2.05, 4.69) is 0 Å². The summed E-state index contributed by atoms with van der Waals surface area (Å²) in [5.41, 5.74) is 0.119. The Bertz CT molecular complexity index is 472. The number of thiophene rings is 1. The van der Waals surface area contributed by atoms with Crippen molar-refractivity contribution < 1.29 is 0 Å². The fourth-order valence-electron chi connectivity index (χ4n) is 1.25. The van der Waals surface area contributed by atoms with Gasteiger partial charge in [-0.05, 0) is 23.8 Å². The molecule has 2 aromatic heterocycles. The summed E-state index contributed by atoms with van der Waals surface area (Å²) in [5.74, 6) is 0.727. The van der Waals surface area contributed by atoms with E-state index in [0.29, 0.717) is 0 Å². The van der Waals surface area contributed by atoms with Crippen LogP contribution >= 0.6 is 23.1 Å². The van der Waals surface area contributed by atoms with E-state index in [1.165, 1.54) is 0 Å². The van der Waals surface area contributed by atoms with Crippen molar-refractivity contribution in [1.82, 2.24) is 4.57 Å². The van der Waals surface area contributed by atoms with Crippen LogP contribution in [0.3, 0.4) is 0 Å². The molecule has 4 heteroatoms. The van der Waals surface area contributed by atoms with Gasteiger partial charge < -0.3 is 4.57 Å². The van der Waals surface area contributed by atoms with Crippen LogP contribution in [0.25, 0.3) is 10.1 Å². The van der Waals surface area contributed by atoms with Gasteiger partial charge >= 0.3 is 0 Å². The Kier molecular flexibility index (Phi) is 2.42. The normalized spacial score (nSPS) is 10.8. The van der Waals surface area contributed by atoms with Crippen molar-refractivity contribution in [3.63, 3.8) is 0 Å². The monoisotopic (exact) mass is 211 g/mol. The predicted molar refractivity (Wildman–Crippen MR) is 59.6 cm³/mol. The molecule has 0 saturated heterocycles. The van der Waals surface area contributed by atoms with E-state index in [9.17, 15) is 4.79 Å². The van der Waals surface area contributed by atoms with Crippen LogP contribution < -0.4 is 5.56 Å². The Balaban J connectivity index is 2.67. The molecule has 0 aliphatic heterocycles. The van der Waals surface area contributed by atoms with Gasteiger partial charge in [0.2, 0.25) is 0 Å². The quantitative estimate of drug-likeness (QED) is 0.761. The molecule has 2 nitrogen and oxygen atoms in total. The third-order valence-corrected chi connectivity index (χ3v) is 3.28. The maximum atomic E-state index is 11.7. The fourth-order valence-corrected chi connectivity index (χ4v) is 2.50. The van der Waals surface area contributed by atoms with Gasteiger partial charge in [-0.25, -0.2) is 0 Å². The predicted octanol–water partition coefficient (Wildman–Crippen LogP) is 2.38. The second kappa shape index (κ2) is 3.55. The highest BCUT2D eigenvalue weighted by Gasteiger charge is 2.01. The van der Waals surface area contributed by atoms with Gasteiger partial charge in [0, 0.05) is 10.9 Å². The standard InChI is InChI=1S/C9H9NOS2/c1-12-6-10-4-2-8-7(9(10)11)3-5-13-8/h2-5H,6H2,1H3. The number of hydrogen-bond acceptors (Lipinski definition) is 3. The molecule has 0 aromatic carbocycles. The van der Waals surface area contributed by atoms with Crippen molar-refractivity contribution in [3.05, 3.63) is 34.1 Å². The number of nitrogens with zero attached hydrogens (tertiary/aromatic N) is 1. The molecule has 0 spiro atoms. The Morgan fingerprint density at radius 1 is 1.54 bits per heavy atom. The first-order chi connectivity index (χ1) is 6.33. The van der Waals surface area contributed by atoms with Gasteiger partial charge in [-0.15, -0.1) is 23.1 Å². The van der Waals surface area contributed by atoms with Gasteiger partial charge in [0.25, 0.3) is 5.56 Å². The third-order valence-electron chi connectivity index (χ3n) is 1.86. The zero-order valence-corrected chi connectivity index (χ0v) is 8.82. The molecule has 0 aliphatic rings. The van der Waals surface area contributed by atoms with Gasteiger partial charge in [0.05, 0.1) is 11.3 Å². The van der Waals surface area contributed by atoms with E-state index >= 15 is 0 Å². The Hall–Kier alpha value is -0.740. The van der Waals surface area contributed by atoms with Crippen molar-refractivity contribution in [2.75, 3.05) is 6.26 Å². The molecule has 0 N–H and O–H groups in total. The Morgan fingerprint density at radius 3 is 3.15 bits per heavy atom. The number of rotatable bonds is 2. The third kappa shape index (κ3) is 1.51. The molecular weight excluding hydrogens is 202 g/mol. The van der Waals surface area contributed by atoms with Crippen molar-refractivity contribution in [2.45, 2.75) is 5.88 Å². The SMILES string of the molecule is CSCn1ccc2sccc2c1=O. The van der Waals surface area contributed by atoms with Crippen molar-refractivity contribution >= 4 is 33.2 Å². The summed E-state index contributed by atoms with van der Waals surface area (Å²) in [6.45, 7) is 0. The average molecular weight is 211 g/mol. The molecule has 0 amide bonds. The maximum Gasteiger partial charge on any atom is 0.260 e. The lowest BCUT2D eigenvalue weighted by atomic mass is 10.3. The first-order valence-corrected chi connectivity index (χ1v) is 6.16. The lowest BCUT2D eigenvalue weighted by Gasteiger charge is -2.01. The van der Waals surface area contributed by atoms with Crippen LogP contribution in [0.1, 0.15) is 0 Å². The number of aromatic nitrogens is 1. The number of thioether (sulfide) groups is 1. The van der Waals surface area contributed by atoms with Crippen LogP contribution in [-0.4, -0.2) is 10.8 Å². The highest BCUT2D eigenvalue weighted by atomic mass is 32.2. The molecule has 0 atom stereocenters. The minimum absolute atomic E-state index is 0.119. The summed E-state index contributed by atoms with van der Waals surface area (Å²) in [4.78, 5) is 11.7. The van der Waals surface area contributed by atoms with Crippen LogP contribution in [-0.2, 0) is 5.88 Å². The average Bonchev–Trinajstić information content (AvgIpc) is 2.58. The summed E-state index contributed by atoms with van der Waals surface area (Å²) >= 11 is 3.25. The van der Waals surface area contributed by atoms with Gasteiger partial charge in [0.15, 0.2) is 0 Å². The van der Waals surface area contributed by atoms with Crippen LogP contribution in [0.2, 0.25) is 0 Å². The molecule has 0 saturated carbocycles. The molecule has 13 heavy (non-hydrogen) atoms. The highest BCUT2D eigenvalue weighted by Crippen LogP contribution is 2.16. The van der Waals surface area contributed by atoms with E-state index in [1.807, 2.05) is 30.0 Å². The van der Waals surface area contributed by atoms with E-state index in [1.54, 1.807) is 27.7 Å². The second-order valence-corrected chi connectivity index (χ2v) is 4.49. The van der Waals surface area contributed by atoms with Crippen molar-refractivity contribution in [1.29, 1.82) is 0 Å². The number of fused-ring (bicyclic) bond motifs is 1. The van der Waals surface area contributed by atoms with E-state index < -0.39 is 0 Å². The molecule has 0 unspecified atom stereocenters. The molecule has 0 fully saturated rings. The van der Waals surface area contributed by atoms with Crippen molar-refractivity contribution in [2.24, 2.45) is 0 Å². The molecule has 68 valence electrons. The molecule has 0 bridgehead atoms. The van der Waals surface area contributed by atoms with E-state index in [0.717, 1.165) is 16.0 Å². The van der Waals surface area contributed by atoms with Crippen LogP contribution in [0.5, 0.6) is 0 Å². The van der Waals surface area contributed by atoms with Gasteiger partial charge in [-0.3, -0.25) is 4.79 Å². The first kappa shape index (κ1) is 8.84. The fraction of sp³-hybridized carbons (Fsp3) is 0.222. The maximum absolute atomic E-state index is 11.7. The second-order valence-electron chi connectivity index (χ2n) is 2.71. The van der Waals surface area contributed by atoms with Crippen molar-refractivity contribution in [3.8, 4) is 0 Å².